The molecule has 0 heterocycles. The van der Waals surface area contributed by atoms with E-state index in [4.69, 9.17) is 10.6 Å². The van der Waals surface area contributed by atoms with Gasteiger partial charge in [-0.15, -0.1) is 0 Å². The van der Waals surface area contributed by atoms with Gasteiger partial charge in [0.05, 0.1) is 10.5 Å². The second-order valence-corrected chi connectivity index (χ2v) is 4.54. The minimum absolute atomic E-state index is 0.103. The van der Waals surface area contributed by atoms with E-state index in [2.05, 4.69) is 0 Å². The lowest BCUT2D eigenvalue weighted by atomic mass is 10.1. The van der Waals surface area contributed by atoms with Gasteiger partial charge in [-0.1, -0.05) is 0 Å². The number of nitro groups is 1. The van der Waals surface area contributed by atoms with Crippen LogP contribution in [0.25, 0.3) is 0 Å². The third kappa shape index (κ3) is 3.79. The number of hydrogen-bond acceptors (Lipinski definition) is 5. The summed E-state index contributed by atoms with van der Waals surface area (Å²) in [5.74, 6) is 4.16. The van der Waals surface area contributed by atoms with Crippen molar-refractivity contribution in [3.63, 3.8) is 0 Å². The van der Waals surface area contributed by atoms with Crippen LogP contribution in [0.15, 0.2) is 42.5 Å². The number of nitrogen functional groups attached to an aromatic ring is 1. The number of nitro benzene ring substituents is 1. The number of carbonyl (C=O) groups is 1. The van der Waals surface area contributed by atoms with Crippen molar-refractivity contribution in [2.45, 2.75) is 6.18 Å². The molecule has 7 nitrogen and oxygen atoms in total. The molecule has 0 aliphatic carbocycles. The zero-order valence-electron chi connectivity index (χ0n) is 11.8. The Morgan fingerprint density at radius 2 is 1.79 bits per heavy atom. The van der Waals surface area contributed by atoms with Crippen molar-refractivity contribution in [2.75, 3.05) is 0 Å². The molecule has 24 heavy (non-hydrogen) atoms. The number of rotatable bonds is 4. The van der Waals surface area contributed by atoms with Crippen molar-refractivity contribution < 1.29 is 27.6 Å². The molecule has 0 bridgehead atoms. The summed E-state index contributed by atoms with van der Waals surface area (Å²) in [5.41, 5.74) is 0.152. The second-order valence-electron chi connectivity index (χ2n) is 4.54. The maximum absolute atomic E-state index is 12.6. The van der Waals surface area contributed by atoms with Crippen LogP contribution >= 0.6 is 0 Å². The van der Waals surface area contributed by atoms with E-state index >= 15 is 0 Å². The lowest BCUT2D eigenvalue weighted by Gasteiger charge is -2.10. The largest absolute Gasteiger partial charge is 0.450 e. The SMILES string of the molecule is NNC(=O)c1ccc(Oc2ccc(C(F)(F)F)cc2[N+](=O)[O-])cc1. The van der Waals surface area contributed by atoms with Crippen molar-refractivity contribution in [2.24, 2.45) is 5.84 Å². The highest BCUT2D eigenvalue weighted by Gasteiger charge is 2.33. The van der Waals surface area contributed by atoms with E-state index in [1.165, 1.54) is 24.3 Å². The summed E-state index contributed by atoms with van der Waals surface area (Å²) in [6.07, 6.45) is -4.71. The van der Waals surface area contributed by atoms with Gasteiger partial charge >= 0.3 is 11.9 Å². The number of nitrogens with one attached hydrogen (secondary N) is 1. The number of carbonyl (C=O) groups excluding carboxylic acids is 1. The summed E-state index contributed by atoms with van der Waals surface area (Å²) in [7, 11) is 0. The normalized spacial score (nSPS) is 11.0. The molecule has 0 fully saturated rings. The van der Waals surface area contributed by atoms with Crippen LogP contribution in [0.4, 0.5) is 18.9 Å². The Labute approximate surface area is 133 Å². The first-order chi connectivity index (χ1) is 11.2. The summed E-state index contributed by atoms with van der Waals surface area (Å²) < 4.78 is 43.1. The van der Waals surface area contributed by atoms with Gasteiger partial charge in [0, 0.05) is 11.6 Å². The third-order valence-corrected chi connectivity index (χ3v) is 2.96. The molecule has 0 aromatic heterocycles. The van der Waals surface area contributed by atoms with Gasteiger partial charge in [0.15, 0.2) is 0 Å². The molecule has 0 spiro atoms. The first-order valence-electron chi connectivity index (χ1n) is 6.37. The quantitative estimate of drug-likeness (QED) is 0.385. The highest BCUT2D eigenvalue weighted by molar-refractivity contribution is 5.93. The van der Waals surface area contributed by atoms with Crippen molar-refractivity contribution >= 4 is 11.6 Å². The topological polar surface area (TPSA) is 107 Å². The maximum atomic E-state index is 12.6. The second kappa shape index (κ2) is 6.54. The molecule has 0 atom stereocenters. The fourth-order valence-electron chi connectivity index (χ4n) is 1.81. The molecular weight excluding hydrogens is 331 g/mol. The van der Waals surface area contributed by atoms with Gasteiger partial charge in [0.1, 0.15) is 5.75 Å². The fraction of sp³-hybridized carbons (Fsp3) is 0.0714. The van der Waals surface area contributed by atoms with E-state index < -0.39 is 28.3 Å². The van der Waals surface area contributed by atoms with Crippen LogP contribution in [-0.2, 0) is 6.18 Å². The molecular formula is C14H10F3N3O4. The average molecular weight is 341 g/mol. The van der Waals surface area contributed by atoms with Gasteiger partial charge in [-0.25, -0.2) is 5.84 Å². The highest BCUT2D eigenvalue weighted by Crippen LogP contribution is 2.37. The highest BCUT2D eigenvalue weighted by atomic mass is 19.4. The lowest BCUT2D eigenvalue weighted by Crippen LogP contribution is -2.29. The molecule has 0 aliphatic heterocycles. The summed E-state index contributed by atoms with van der Waals surface area (Å²) in [6, 6.07) is 7.27. The first kappa shape index (κ1) is 17.2. The van der Waals surface area contributed by atoms with Gasteiger partial charge in [-0.05, 0) is 36.4 Å². The van der Waals surface area contributed by atoms with Gasteiger partial charge in [-0.2, -0.15) is 13.2 Å². The Kier molecular flexibility index (Phi) is 4.69. The lowest BCUT2D eigenvalue weighted by molar-refractivity contribution is -0.385. The minimum Gasteiger partial charge on any atom is -0.450 e. The molecule has 2 aromatic carbocycles. The smallest absolute Gasteiger partial charge is 0.416 e. The summed E-state index contributed by atoms with van der Waals surface area (Å²) in [5, 5.41) is 11.0. The van der Waals surface area contributed by atoms with Gasteiger partial charge in [-0.3, -0.25) is 20.3 Å². The van der Waals surface area contributed by atoms with E-state index in [0.29, 0.717) is 12.1 Å². The Morgan fingerprint density at radius 3 is 2.29 bits per heavy atom. The number of amides is 1. The number of ether oxygens (including phenoxy) is 1. The Balaban J connectivity index is 2.32. The molecule has 2 aromatic rings. The average Bonchev–Trinajstić information content (AvgIpc) is 2.54. The zero-order valence-corrected chi connectivity index (χ0v) is 11.8. The summed E-state index contributed by atoms with van der Waals surface area (Å²) in [6.45, 7) is 0. The Morgan fingerprint density at radius 1 is 1.17 bits per heavy atom. The number of alkyl halides is 3. The first-order valence-corrected chi connectivity index (χ1v) is 6.37. The molecule has 0 saturated carbocycles. The summed E-state index contributed by atoms with van der Waals surface area (Å²) in [4.78, 5) is 21.3. The van der Waals surface area contributed by atoms with Gasteiger partial charge in [0.25, 0.3) is 5.91 Å². The zero-order chi connectivity index (χ0) is 17.9. The Hall–Kier alpha value is -3.14. The molecule has 126 valence electrons. The number of hydrazine groups is 1. The van der Waals surface area contributed by atoms with Crippen LogP contribution in [0.3, 0.4) is 0 Å². The molecule has 3 N–H and O–H groups in total. The maximum Gasteiger partial charge on any atom is 0.416 e. The molecule has 0 saturated heterocycles. The molecule has 2 rings (SSSR count). The van der Waals surface area contributed by atoms with E-state index in [9.17, 15) is 28.1 Å². The van der Waals surface area contributed by atoms with Crippen LogP contribution in [0.5, 0.6) is 11.5 Å². The molecule has 0 unspecified atom stereocenters. The number of halogens is 3. The van der Waals surface area contributed by atoms with Crippen LogP contribution < -0.4 is 16.0 Å². The molecule has 0 aliphatic rings. The van der Waals surface area contributed by atoms with Gasteiger partial charge < -0.3 is 4.74 Å². The van der Waals surface area contributed by atoms with Crippen LogP contribution in [0, 0.1) is 10.1 Å². The Bertz CT molecular complexity index is 776. The monoisotopic (exact) mass is 341 g/mol. The van der Waals surface area contributed by atoms with Gasteiger partial charge in [0.2, 0.25) is 5.75 Å². The predicted octanol–water partition coefficient (Wildman–Crippen LogP) is 3.01. The molecule has 0 radical (unpaired) electrons. The molecule has 1 amide bonds. The van der Waals surface area contributed by atoms with Crippen molar-refractivity contribution in [3.05, 3.63) is 63.7 Å². The van der Waals surface area contributed by atoms with E-state index in [0.717, 1.165) is 6.07 Å². The van der Waals surface area contributed by atoms with Crippen molar-refractivity contribution in [1.29, 1.82) is 0 Å². The summed E-state index contributed by atoms with van der Waals surface area (Å²) >= 11 is 0. The van der Waals surface area contributed by atoms with Crippen LogP contribution in [-0.4, -0.2) is 10.8 Å². The number of nitrogens with two attached hydrogens (primary N) is 1. The number of benzene rings is 2. The van der Waals surface area contributed by atoms with Crippen molar-refractivity contribution in [1.82, 2.24) is 5.43 Å². The fourth-order valence-corrected chi connectivity index (χ4v) is 1.81. The van der Waals surface area contributed by atoms with Crippen LogP contribution in [0.2, 0.25) is 0 Å². The van der Waals surface area contributed by atoms with E-state index in [1.807, 2.05) is 5.43 Å². The molecule has 10 heteroatoms. The van der Waals surface area contributed by atoms with E-state index in [-0.39, 0.29) is 17.1 Å². The van der Waals surface area contributed by atoms with Crippen molar-refractivity contribution in [3.8, 4) is 11.5 Å². The van der Waals surface area contributed by atoms with E-state index in [1.54, 1.807) is 0 Å². The minimum atomic E-state index is -4.71. The standard InChI is InChI=1S/C14H10F3N3O4/c15-14(16,17)9-3-6-12(11(7-9)20(22)23)24-10-4-1-8(2-5-10)13(21)19-18/h1-7H,18H2,(H,19,21). The predicted molar refractivity (Wildman–Crippen MR) is 76.3 cm³/mol. The number of nitrogens with zero attached hydrogens (tertiary/aromatic N) is 1. The third-order valence-electron chi connectivity index (χ3n) is 2.96. The van der Waals surface area contributed by atoms with Crippen LogP contribution in [0.1, 0.15) is 15.9 Å². The number of hydrogen-bond donors (Lipinski definition) is 2.